The minimum absolute atomic E-state index is 0.237. The molecule has 0 aliphatic carbocycles. The lowest BCUT2D eigenvalue weighted by atomic mass is 10.1. The topological polar surface area (TPSA) is 51.4 Å². The summed E-state index contributed by atoms with van der Waals surface area (Å²) in [6, 6.07) is 0.570. The number of anilines is 1. The second-order valence-corrected chi connectivity index (χ2v) is 4.75. The van der Waals surface area contributed by atoms with Crippen molar-refractivity contribution in [2.45, 2.75) is 18.7 Å². The zero-order valence-electron chi connectivity index (χ0n) is 9.52. The summed E-state index contributed by atoms with van der Waals surface area (Å²) in [4.78, 5) is 2.08. The van der Waals surface area contributed by atoms with Crippen molar-refractivity contribution in [2.24, 2.45) is 5.92 Å². The van der Waals surface area contributed by atoms with Crippen molar-refractivity contribution < 1.29 is 9.15 Å². The van der Waals surface area contributed by atoms with Gasteiger partial charge in [0.25, 0.3) is 0 Å². The molecule has 1 aliphatic heterocycles. The van der Waals surface area contributed by atoms with Gasteiger partial charge in [0.1, 0.15) is 5.38 Å². The maximum atomic E-state index is 5.87. The van der Waals surface area contributed by atoms with Crippen molar-refractivity contribution >= 4 is 17.6 Å². The van der Waals surface area contributed by atoms with Gasteiger partial charge in [-0.15, -0.1) is 16.7 Å². The normalized spacial score (nSPS) is 22.7. The molecular weight excluding hydrogens is 230 g/mol. The minimum atomic E-state index is -0.237. The maximum absolute atomic E-state index is 5.87. The van der Waals surface area contributed by atoms with Gasteiger partial charge in [-0.05, 0) is 13.3 Å². The lowest BCUT2D eigenvalue weighted by molar-refractivity contribution is 0.160. The van der Waals surface area contributed by atoms with Crippen LogP contribution in [0, 0.1) is 5.92 Å². The number of alkyl halides is 1. The minimum Gasteiger partial charge on any atom is -0.406 e. The predicted octanol–water partition coefficient (Wildman–Crippen LogP) is 1.84. The van der Waals surface area contributed by atoms with Crippen molar-refractivity contribution in [1.29, 1.82) is 0 Å². The summed E-state index contributed by atoms with van der Waals surface area (Å²) in [5.74, 6) is 1.03. The molecule has 1 aliphatic rings. The van der Waals surface area contributed by atoms with Crippen LogP contribution in [-0.2, 0) is 4.74 Å². The lowest BCUT2D eigenvalue weighted by Crippen LogP contribution is -2.21. The lowest BCUT2D eigenvalue weighted by Gasteiger charge is -2.12. The largest absolute Gasteiger partial charge is 0.406 e. The molecule has 2 atom stereocenters. The Morgan fingerprint density at radius 1 is 1.62 bits per heavy atom. The van der Waals surface area contributed by atoms with Gasteiger partial charge in [0, 0.05) is 26.1 Å². The van der Waals surface area contributed by atoms with Gasteiger partial charge in [0.2, 0.25) is 5.89 Å². The summed E-state index contributed by atoms with van der Waals surface area (Å²) in [5, 5.41) is 7.67. The number of aromatic nitrogens is 2. The zero-order chi connectivity index (χ0) is 11.5. The second kappa shape index (κ2) is 5.01. The number of halogens is 1. The van der Waals surface area contributed by atoms with Gasteiger partial charge in [-0.2, -0.15) is 0 Å². The SMILES string of the molecule is COCC1CCN(c2nnc(C(C)Cl)o2)C1. The first-order valence-corrected chi connectivity index (χ1v) is 5.85. The molecule has 90 valence electrons. The van der Waals surface area contributed by atoms with E-state index in [1.165, 1.54) is 0 Å². The smallest absolute Gasteiger partial charge is 0.318 e. The highest BCUT2D eigenvalue weighted by atomic mass is 35.5. The van der Waals surface area contributed by atoms with Crippen molar-refractivity contribution in [2.75, 3.05) is 31.7 Å². The monoisotopic (exact) mass is 245 g/mol. The number of hydrogen-bond acceptors (Lipinski definition) is 5. The first-order valence-electron chi connectivity index (χ1n) is 5.42. The molecule has 0 radical (unpaired) electrons. The number of rotatable bonds is 4. The van der Waals surface area contributed by atoms with Gasteiger partial charge in [-0.1, -0.05) is 5.10 Å². The molecule has 2 heterocycles. The average Bonchev–Trinajstić information content (AvgIpc) is 2.84. The van der Waals surface area contributed by atoms with Crippen LogP contribution in [0.25, 0.3) is 0 Å². The van der Waals surface area contributed by atoms with E-state index in [-0.39, 0.29) is 5.38 Å². The molecule has 5 nitrogen and oxygen atoms in total. The van der Waals surface area contributed by atoms with Crippen LogP contribution in [0.15, 0.2) is 4.42 Å². The van der Waals surface area contributed by atoms with Crippen molar-refractivity contribution in [3.05, 3.63) is 5.89 Å². The van der Waals surface area contributed by atoms with E-state index in [0.29, 0.717) is 17.8 Å². The van der Waals surface area contributed by atoms with E-state index in [1.54, 1.807) is 7.11 Å². The third-order valence-corrected chi connectivity index (χ3v) is 2.92. The Labute approximate surface area is 99.7 Å². The standard InChI is InChI=1S/C10H16ClN3O2/c1-7(11)9-12-13-10(16-9)14-4-3-8(5-14)6-15-2/h7-8H,3-6H2,1-2H3. The molecule has 0 aromatic carbocycles. The van der Waals surface area contributed by atoms with E-state index in [4.69, 9.17) is 20.8 Å². The zero-order valence-corrected chi connectivity index (χ0v) is 10.3. The number of hydrogen-bond donors (Lipinski definition) is 0. The van der Waals surface area contributed by atoms with Gasteiger partial charge in [0.15, 0.2) is 0 Å². The van der Waals surface area contributed by atoms with E-state index < -0.39 is 0 Å². The Bertz CT molecular complexity index is 343. The Morgan fingerprint density at radius 2 is 2.44 bits per heavy atom. The molecule has 1 fully saturated rings. The van der Waals surface area contributed by atoms with Gasteiger partial charge in [0.05, 0.1) is 6.61 Å². The molecule has 0 bridgehead atoms. The van der Waals surface area contributed by atoms with E-state index >= 15 is 0 Å². The summed E-state index contributed by atoms with van der Waals surface area (Å²) in [6.45, 7) is 4.44. The Balaban J connectivity index is 1.97. The number of nitrogens with zero attached hydrogens (tertiary/aromatic N) is 3. The predicted molar refractivity (Wildman–Crippen MR) is 60.8 cm³/mol. The van der Waals surface area contributed by atoms with Crippen molar-refractivity contribution in [1.82, 2.24) is 10.2 Å². The van der Waals surface area contributed by atoms with Crippen LogP contribution < -0.4 is 4.90 Å². The fraction of sp³-hybridized carbons (Fsp3) is 0.800. The summed E-state index contributed by atoms with van der Waals surface area (Å²) < 4.78 is 10.6. The number of methoxy groups -OCH3 is 1. The van der Waals surface area contributed by atoms with Crippen LogP contribution in [0.1, 0.15) is 24.6 Å². The highest BCUT2D eigenvalue weighted by molar-refractivity contribution is 6.20. The van der Waals surface area contributed by atoms with Crippen LogP contribution in [0.3, 0.4) is 0 Å². The molecule has 0 N–H and O–H groups in total. The third-order valence-electron chi connectivity index (χ3n) is 2.73. The van der Waals surface area contributed by atoms with E-state index in [9.17, 15) is 0 Å². The van der Waals surface area contributed by atoms with Crippen LogP contribution in [-0.4, -0.2) is 37.0 Å². The summed E-state index contributed by atoms with van der Waals surface area (Å²) in [6.07, 6.45) is 1.10. The molecule has 16 heavy (non-hydrogen) atoms. The highest BCUT2D eigenvalue weighted by Gasteiger charge is 2.26. The Kier molecular flexibility index (Phi) is 3.66. The summed E-state index contributed by atoms with van der Waals surface area (Å²) in [7, 11) is 1.72. The maximum Gasteiger partial charge on any atom is 0.318 e. The second-order valence-electron chi connectivity index (χ2n) is 4.09. The van der Waals surface area contributed by atoms with Gasteiger partial charge >= 0.3 is 6.01 Å². The average molecular weight is 246 g/mol. The highest BCUT2D eigenvalue weighted by Crippen LogP contribution is 2.25. The van der Waals surface area contributed by atoms with Gasteiger partial charge < -0.3 is 14.1 Å². The van der Waals surface area contributed by atoms with Crippen LogP contribution in [0.2, 0.25) is 0 Å². The Hall–Kier alpha value is -0.810. The molecule has 1 saturated heterocycles. The molecule has 1 aromatic heterocycles. The molecule has 1 aromatic rings. The molecule has 6 heteroatoms. The molecule has 0 amide bonds. The van der Waals surface area contributed by atoms with E-state index in [2.05, 4.69) is 15.1 Å². The molecule has 2 unspecified atom stereocenters. The van der Waals surface area contributed by atoms with E-state index in [0.717, 1.165) is 26.1 Å². The fourth-order valence-electron chi connectivity index (χ4n) is 1.89. The first-order chi connectivity index (χ1) is 7.70. The summed E-state index contributed by atoms with van der Waals surface area (Å²) >= 11 is 5.87. The Morgan fingerprint density at radius 3 is 3.06 bits per heavy atom. The van der Waals surface area contributed by atoms with E-state index in [1.807, 2.05) is 6.92 Å². The molecule has 2 rings (SSSR count). The van der Waals surface area contributed by atoms with Crippen LogP contribution in [0.4, 0.5) is 6.01 Å². The quantitative estimate of drug-likeness (QED) is 0.758. The van der Waals surface area contributed by atoms with Crippen LogP contribution >= 0.6 is 11.6 Å². The van der Waals surface area contributed by atoms with Gasteiger partial charge in [-0.3, -0.25) is 0 Å². The molecular formula is C10H16ClN3O2. The molecule has 0 saturated carbocycles. The molecule has 0 spiro atoms. The number of ether oxygens (including phenoxy) is 1. The first kappa shape index (κ1) is 11.7. The van der Waals surface area contributed by atoms with Crippen molar-refractivity contribution in [3.8, 4) is 0 Å². The van der Waals surface area contributed by atoms with Gasteiger partial charge in [-0.25, -0.2) is 0 Å². The fourth-order valence-corrected chi connectivity index (χ4v) is 1.98. The van der Waals surface area contributed by atoms with Crippen LogP contribution in [0.5, 0.6) is 0 Å². The summed E-state index contributed by atoms with van der Waals surface area (Å²) in [5.41, 5.74) is 0. The van der Waals surface area contributed by atoms with Crippen molar-refractivity contribution in [3.63, 3.8) is 0 Å². The third kappa shape index (κ3) is 2.47.